The van der Waals surface area contributed by atoms with Crippen LogP contribution in [0.15, 0.2) is 52.9 Å². The van der Waals surface area contributed by atoms with E-state index in [1.807, 2.05) is 49.4 Å². The van der Waals surface area contributed by atoms with Gasteiger partial charge in [-0.05, 0) is 43.5 Å². The van der Waals surface area contributed by atoms with Crippen molar-refractivity contribution in [1.82, 2.24) is 20.2 Å². The number of rotatable bonds is 7. The van der Waals surface area contributed by atoms with E-state index in [0.717, 1.165) is 42.1 Å². The second kappa shape index (κ2) is 9.96. The second-order valence-electron chi connectivity index (χ2n) is 8.56. The van der Waals surface area contributed by atoms with E-state index in [1.54, 1.807) is 6.07 Å². The number of carbonyl (C=O) groups excluding carboxylic acids is 1. The van der Waals surface area contributed by atoms with Crippen molar-refractivity contribution >= 4 is 11.7 Å². The molecule has 2 aromatic heterocycles. The number of aryl methyl sites for hydroxylation is 1. The zero-order valence-electron chi connectivity index (χ0n) is 18.8. The number of likely N-dealkylation sites (tertiary alicyclic amines) is 1. The lowest BCUT2D eigenvalue weighted by Gasteiger charge is -2.36. The minimum absolute atomic E-state index is 0.0597. The van der Waals surface area contributed by atoms with Gasteiger partial charge in [0, 0.05) is 25.2 Å². The molecule has 3 heterocycles. The Morgan fingerprint density at radius 2 is 1.97 bits per heavy atom. The number of carbonyl (C=O) groups is 1. The van der Waals surface area contributed by atoms with E-state index >= 15 is 0 Å². The standard InChI is InChI=1S/C25H31N5O2/c1-3-18-12-20(24(31)27-13-21-10-7-11-23(26)28-21)15-30(14-18)16-22-17(2)32-25(29-22)19-8-5-4-6-9-19/h4-11,18,20H,3,12-16H2,1-2H3,(H2,26,28)(H,27,31)/t18-,20-/m1/s1. The summed E-state index contributed by atoms with van der Waals surface area (Å²) in [5.74, 6) is 2.42. The molecule has 1 aromatic carbocycles. The van der Waals surface area contributed by atoms with Gasteiger partial charge in [0.25, 0.3) is 0 Å². The average molecular weight is 434 g/mol. The number of nitrogens with zero attached hydrogens (tertiary/aromatic N) is 3. The van der Waals surface area contributed by atoms with Gasteiger partial charge in [-0.1, -0.05) is 37.6 Å². The highest BCUT2D eigenvalue weighted by Gasteiger charge is 2.31. The first kappa shape index (κ1) is 22.0. The third kappa shape index (κ3) is 5.34. The number of pyridine rings is 1. The molecule has 0 spiro atoms. The number of benzene rings is 1. The Balaban J connectivity index is 1.41. The van der Waals surface area contributed by atoms with Crippen molar-refractivity contribution in [2.24, 2.45) is 11.8 Å². The summed E-state index contributed by atoms with van der Waals surface area (Å²) < 4.78 is 5.93. The van der Waals surface area contributed by atoms with Crippen LogP contribution >= 0.6 is 0 Å². The summed E-state index contributed by atoms with van der Waals surface area (Å²) in [5.41, 5.74) is 8.42. The molecule has 3 N–H and O–H groups in total. The van der Waals surface area contributed by atoms with Crippen molar-refractivity contribution in [2.45, 2.75) is 39.8 Å². The summed E-state index contributed by atoms with van der Waals surface area (Å²) in [4.78, 5) is 24.3. The molecule has 4 rings (SSSR count). The number of piperidine rings is 1. The maximum atomic E-state index is 12.9. The lowest BCUT2D eigenvalue weighted by atomic mass is 9.87. The molecule has 32 heavy (non-hydrogen) atoms. The fraction of sp³-hybridized carbons (Fsp3) is 0.400. The topological polar surface area (TPSA) is 97.3 Å². The quantitative estimate of drug-likeness (QED) is 0.588. The van der Waals surface area contributed by atoms with E-state index < -0.39 is 0 Å². The summed E-state index contributed by atoms with van der Waals surface area (Å²) in [6.07, 6.45) is 1.94. The fourth-order valence-electron chi connectivity index (χ4n) is 4.33. The maximum Gasteiger partial charge on any atom is 0.226 e. The van der Waals surface area contributed by atoms with Gasteiger partial charge in [-0.3, -0.25) is 9.69 Å². The Morgan fingerprint density at radius 1 is 1.16 bits per heavy atom. The number of nitrogens with two attached hydrogens (primary N) is 1. The van der Waals surface area contributed by atoms with Crippen LogP contribution in [-0.4, -0.2) is 33.9 Å². The Bertz CT molecular complexity index is 1050. The zero-order chi connectivity index (χ0) is 22.5. The summed E-state index contributed by atoms with van der Waals surface area (Å²) >= 11 is 0. The lowest BCUT2D eigenvalue weighted by Crippen LogP contribution is -2.46. The van der Waals surface area contributed by atoms with Gasteiger partial charge in [0.1, 0.15) is 11.6 Å². The van der Waals surface area contributed by atoms with Crippen LogP contribution in [0.2, 0.25) is 0 Å². The van der Waals surface area contributed by atoms with Crippen molar-refractivity contribution in [2.75, 3.05) is 18.8 Å². The summed E-state index contributed by atoms with van der Waals surface area (Å²) in [6, 6.07) is 15.4. The van der Waals surface area contributed by atoms with Crippen molar-refractivity contribution < 1.29 is 9.21 Å². The molecule has 2 atom stereocenters. The Labute approximate surface area is 189 Å². The number of nitrogen functional groups attached to an aromatic ring is 1. The highest BCUT2D eigenvalue weighted by atomic mass is 16.4. The molecule has 3 aromatic rings. The van der Waals surface area contributed by atoms with E-state index in [9.17, 15) is 4.79 Å². The number of aromatic nitrogens is 2. The highest BCUT2D eigenvalue weighted by Crippen LogP contribution is 2.28. The molecule has 7 nitrogen and oxygen atoms in total. The van der Waals surface area contributed by atoms with Crippen LogP contribution in [0, 0.1) is 18.8 Å². The molecule has 0 saturated carbocycles. The Morgan fingerprint density at radius 3 is 2.72 bits per heavy atom. The molecule has 7 heteroatoms. The van der Waals surface area contributed by atoms with Crippen LogP contribution in [0.1, 0.15) is 36.9 Å². The monoisotopic (exact) mass is 433 g/mol. The number of anilines is 1. The third-order valence-corrected chi connectivity index (χ3v) is 6.12. The predicted molar refractivity (Wildman–Crippen MR) is 124 cm³/mol. The van der Waals surface area contributed by atoms with Gasteiger partial charge >= 0.3 is 0 Å². The van der Waals surface area contributed by atoms with E-state index in [4.69, 9.17) is 15.1 Å². The highest BCUT2D eigenvalue weighted by molar-refractivity contribution is 5.79. The number of oxazole rings is 1. The number of hydrogen-bond acceptors (Lipinski definition) is 6. The first-order chi connectivity index (χ1) is 15.5. The van der Waals surface area contributed by atoms with E-state index in [0.29, 0.717) is 37.3 Å². The number of amides is 1. The Kier molecular flexibility index (Phi) is 6.85. The van der Waals surface area contributed by atoms with Crippen LogP contribution in [0.5, 0.6) is 0 Å². The number of nitrogens with one attached hydrogen (secondary N) is 1. The summed E-state index contributed by atoms with van der Waals surface area (Å²) in [6.45, 7) is 6.89. The number of hydrogen-bond donors (Lipinski definition) is 2. The van der Waals surface area contributed by atoms with Crippen LogP contribution < -0.4 is 11.1 Å². The van der Waals surface area contributed by atoms with Crippen molar-refractivity contribution in [3.8, 4) is 11.5 Å². The third-order valence-electron chi connectivity index (χ3n) is 6.12. The zero-order valence-corrected chi connectivity index (χ0v) is 18.8. The molecule has 1 aliphatic heterocycles. The molecule has 1 fully saturated rings. The van der Waals surface area contributed by atoms with Crippen LogP contribution in [0.25, 0.3) is 11.5 Å². The van der Waals surface area contributed by atoms with E-state index in [-0.39, 0.29) is 11.8 Å². The summed E-state index contributed by atoms with van der Waals surface area (Å²) in [7, 11) is 0. The van der Waals surface area contributed by atoms with Gasteiger partial charge in [-0.2, -0.15) is 0 Å². The maximum absolute atomic E-state index is 12.9. The van der Waals surface area contributed by atoms with Crippen LogP contribution in [-0.2, 0) is 17.9 Å². The van der Waals surface area contributed by atoms with E-state index in [1.165, 1.54) is 0 Å². The molecule has 1 amide bonds. The minimum Gasteiger partial charge on any atom is -0.441 e. The molecule has 0 unspecified atom stereocenters. The molecule has 1 saturated heterocycles. The van der Waals surface area contributed by atoms with Gasteiger partial charge < -0.3 is 15.5 Å². The minimum atomic E-state index is -0.0597. The average Bonchev–Trinajstić information content (AvgIpc) is 3.18. The van der Waals surface area contributed by atoms with Gasteiger partial charge in [-0.25, -0.2) is 9.97 Å². The molecular weight excluding hydrogens is 402 g/mol. The Hall–Kier alpha value is -3.19. The molecule has 0 radical (unpaired) electrons. The second-order valence-corrected chi connectivity index (χ2v) is 8.56. The first-order valence-electron chi connectivity index (χ1n) is 11.2. The summed E-state index contributed by atoms with van der Waals surface area (Å²) in [5, 5.41) is 3.04. The van der Waals surface area contributed by atoms with Crippen LogP contribution in [0.3, 0.4) is 0 Å². The molecule has 168 valence electrons. The predicted octanol–water partition coefficient (Wildman–Crippen LogP) is 3.79. The van der Waals surface area contributed by atoms with Gasteiger partial charge in [-0.15, -0.1) is 0 Å². The van der Waals surface area contributed by atoms with Gasteiger partial charge in [0.2, 0.25) is 11.8 Å². The molecule has 0 aliphatic carbocycles. The van der Waals surface area contributed by atoms with Crippen molar-refractivity contribution in [3.05, 3.63) is 65.7 Å². The first-order valence-corrected chi connectivity index (χ1v) is 11.2. The smallest absolute Gasteiger partial charge is 0.226 e. The molecule has 0 bridgehead atoms. The van der Waals surface area contributed by atoms with Crippen LogP contribution in [0.4, 0.5) is 5.82 Å². The van der Waals surface area contributed by atoms with Gasteiger partial charge in [0.05, 0.1) is 23.9 Å². The molecular formula is C25H31N5O2. The largest absolute Gasteiger partial charge is 0.441 e. The lowest BCUT2D eigenvalue weighted by molar-refractivity contribution is -0.127. The van der Waals surface area contributed by atoms with Gasteiger partial charge in [0.15, 0.2) is 0 Å². The SMILES string of the molecule is CC[C@@H]1C[C@@H](C(=O)NCc2cccc(N)n2)CN(Cc2nc(-c3ccccc3)oc2C)C1. The normalized spacial score (nSPS) is 19.1. The molecule has 1 aliphatic rings. The fourth-order valence-corrected chi connectivity index (χ4v) is 4.33. The van der Waals surface area contributed by atoms with Crippen molar-refractivity contribution in [3.63, 3.8) is 0 Å². The van der Waals surface area contributed by atoms with Crippen molar-refractivity contribution in [1.29, 1.82) is 0 Å². The van der Waals surface area contributed by atoms with E-state index in [2.05, 4.69) is 22.1 Å².